The number of halogens is 1. The maximum Gasteiger partial charge on any atom is 0.164 e. The number of hydrogen-bond acceptors (Lipinski definition) is 5. The summed E-state index contributed by atoms with van der Waals surface area (Å²) in [5.74, 6) is 0.464. The summed E-state index contributed by atoms with van der Waals surface area (Å²) in [7, 11) is 0. The zero-order chi connectivity index (χ0) is 12.7. The van der Waals surface area contributed by atoms with Gasteiger partial charge in [-0.25, -0.2) is 14.6 Å². The second-order valence-corrected chi connectivity index (χ2v) is 5.51. The average Bonchev–Trinajstić information content (AvgIpc) is 2.69. The first-order chi connectivity index (χ1) is 8.66. The van der Waals surface area contributed by atoms with Crippen molar-refractivity contribution in [2.24, 2.45) is 5.73 Å². The van der Waals surface area contributed by atoms with Gasteiger partial charge in [-0.05, 0) is 41.6 Å². The Morgan fingerprint density at radius 1 is 1.22 bits per heavy atom. The van der Waals surface area contributed by atoms with Crippen LogP contribution < -0.4 is 11.5 Å². The van der Waals surface area contributed by atoms with Crippen molar-refractivity contribution in [2.75, 3.05) is 5.73 Å². The molecule has 0 radical (unpaired) electrons. The topological polar surface area (TPSA) is 95.6 Å². The molecule has 2 heterocycles. The van der Waals surface area contributed by atoms with E-state index >= 15 is 0 Å². The molecule has 6 nitrogen and oxygen atoms in total. The highest BCUT2D eigenvalue weighted by Gasteiger charge is 2.24. The van der Waals surface area contributed by atoms with E-state index in [2.05, 4.69) is 31.0 Å². The van der Waals surface area contributed by atoms with Crippen molar-refractivity contribution in [2.45, 2.75) is 37.8 Å². The van der Waals surface area contributed by atoms with E-state index < -0.39 is 0 Å². The predicted octanol–water partition coefficient (Wildman–Crippen LogP) is 1.61. The normalized spacial score (nSPS) is 24.6. The first-order valence-corrected chi connectivity index (χ1v) is 6.86. The smallest absolute Gasteiger partial charge is 0.164 e. The molecule has 0 aliphatic heterocycles. The lowest BCUT2D eigenvalue weighted by molar-refractivity contribution is 0.309. The van der Waals surface area contributed by atoms with Crippen LogP contribution in [0.3, 0.4) is 0 Å². The summed E-state index contributed by atoms with van der Waals surface area (Å²) in [4.78, 5) is 8.31. The summed E-state index contributed by atoms with van der Waals surface area (Å²) < 4.78 is 2.68. The fourth-order valence-electron chi connectivity index (χ4n) is 2.55. The van der Waals surface area contributed by atoms with Crippen molar-refractivity contribution < 1.29 is 0 Å². The highest BCUT2D eigenvalue weighted by atomic mass is 79.9. The summed E-state index contributed by atoms with van der Waals surface area (Å²) in [6.07, 6.45) is 5.62. The Bertz CT molecular complexity index is 572. The van der Waals surface area contributed by atoms with Crippen LogP contribution in [-0.4, -0.2) is 25.8 Å². The number of anilines is 1. The largest absolute Gasteiger partial charge is 0.383 e. The fourth-order valence-corrected chi connectivity index (χ4v) is 3.11. The van der Waals surface area contributed by atoms with E-state index in [0.29, 0.717) is 22.5 Å². The lowest BCUT2D eigenvalue weighted by Crippen LogP contribution is -2.28. The Morgan fingerprint density at radius 2 is 1.94 bits per heavy atom. The number of hydrogen-bond donors (Lipinski definition) is 2. The van der Waals surface area contributed by atoms with Gasteiger partial charge in [0.25, 0.3) is 0 Å². The van der Waals surface area contributed by atoms with Gasteiger partial charge in [-0.1, -0.05) is 0 Å². The molecule has 1 aliphatic carbocycles. The van der Waals surface area contributed by atoms with Gasteiger partial charge in [0, 0.05) is 6.04 Å². The lowest BCUT2D eigenvalue weighted by Gasteiger charge is -2.26. The van der Waals surface area contributed by atoms with Crippen molar-refractivity contribution in [1.82, 2.24) is 19.7 Å². The minimum atomic E-state index is 0.325. The van der Waals surface area contributed by atoms with Crippen LogP contribution in [-0.2, 0) is 0 Å². The van der Waals surface area contributed by atoms with Gasteiger partial charge in [-0.2, -0.15) is 5.10 Å². The number of nitrogens with zero attached hydrogens (tertiary/aromatic N) is 4. The quantitative estimate of drug-likeness (QED) is 0.834. The number of aromatic nitrogens is 4. The van der Waals surface area contributed by atoms with Crippen molar-refractivity contribution in [1.29, 1.82) is 0 Å². The molecule has 96 valence electrons. The van der Waals surface area contributed by atoms with Crippen LogP contribution in [0.15, 0.2) is 10.9 Å². The van der Waals surface area contributed by atoms with E-state index in [9.17, 15) is 0 Å². The molecule has 7 heteroatoms. The molecule has 0 aromatic carbocycles. The molecule has 0 saturated heterocycles. The van der Waals surface area contributed by atoms with Crippen LogP contribution in [0.5, 0.6) is 0 Å². The first-order valence-electron chi connectivity index (χ1n) is 6.06. The molecular formula is C11H15BrN6. The van der Waals surface area contributed by atoms with E-state index in [1.807, 2.05) is 4.68 Å². The Labute approximate surface area is 113 Å². The van der Waals surface area contributed by atoms with E-state index in [4.69, 9.17) is 11.5 Å². The predicted molar refractivity (Wildman–Crippen MR) is 72.9 cm³/mol. The average molecular weight is 311 g/mol. The third-order valence-corrected chi connectivity index (χ3v) is 4.12. The number of nitrogen functional groups attached to an aromatic ring is 1. The zero-order valence-electron chi connectivity index (χ0n) is 9.88. The molecule has 0 spiro atoms. The molecule has 1 fully saturated rings. The van der Waals surface area contributed by atoms with Crippen LogP contribution in [0, 0.1) is 0 Å². The minimum Gasteiger partial charge on any atom is -0.383 e. The molecule has 1 aliphatic rings. The SMILES string of the molecule is Nc1ncnc2c1c(Br)nn2[C@H]1CC[C@H](N)CC1. The summed E-state index contributed by atoms with van der Waals surface area (Å²) in [5.41, 5.74) is 12.6. The Balaban J connectivity index is 2.05. The molecule has 2 aromatic rings. The highest BCUT2D eigenvalue weighted by molar-refractivity contribution is 9.10. The van der Waals surface area contributed by atoms with Gasteiger partial charge >= 0.3 is 0 Å². The van der Waals surface area contributed by atoms with Crippen LogP contribution in [0.25, 0.3) is 11.0 Å². The molecule has 2 aromatic heterocycles. The minimum absolute atomic E-state index is 0.325. The first kappa shape index (κ1) is 11.9. The molecule has 1 saturated carbocycles. The molecule has 0 atom stereocenters. The second-order valence-electron chi connectivity index (χ2n) is 4.76. The third kappa shape index (κ3) is 1.87. The van der Waals surface area contributed by atoms with Crippen molar-refractivity contribution >= 4 is 32.8 Å². The van der Waals surface area contributed by atoms with Gasteiger partial charge in [0.05, 0.1) is 11.4 Å². The molecular weight excluding hydrogens is 296 g/mol. The third-order valence-electron chi connectivity index (χ3n) is 3.56. The maximum atomic E-state index is 5.93. The summed E-state index contributed by atoms with van der Waals surface area (Å²) in [5, 5.41) is 5.31. The van der Waals surface area contributed by atoms with Crippen LogP contribution in [0.1, 0.15) is 31.7 Å². The van der Waals surface area contributed by atoms with Crippen LogP contribution in [0.4, 0.5) is 5.82 Å². The van der Waals surface area contributed by atoms with Gasteiger partial charge in [-0.15, -0.1) is 0 Å². The fraction of sp³-hybridized carbons (Fsp3) is 0.545. The van der Waals surface area contributed by atoms with Crippen LogP contribution >= 0.6 is 15.9 Å². The van der Waals surface area contributed by atoms with Gasteiger partial charge in [0.2, 0.25) is 0 Å². The van der Waals surface area contributed by atoms with Crippen LogP contribution in [0.2, 0.25) is 0 Å². The standard InChI is InChI=1S/C11H15BrN6/c12-9-8-10(14)15-5-16-11(8)18(17-9)7-3-1-6(13)2-4-7/h5-7H,1-4,13H2,(H2,14,15,16)/t6-,7-. The molecule has 18 heavy (non-hydrogen) atoms. The molecule has 0 unspecified atom stereocenters. The second kappa shape index (κ2) is 4.47. The van der Waals surface area contributed by atoms with Gasteiger partial charge in [-0.3, -0.25) is 0 Å². The van der Waals surface area contributed by atoms with Gasteiger partial charge in [0.1, 0.15) is 16.7 Å². The van der Waals surface area contributed by atoms with E-state index in [-0.39, 0.29) is 0 Å². The molecule has 4 N–H and O–H groups in total. The summed E-state index contributed by atoms with van der Waals surface area (Å²) in [6, 6.07) is 0.680. The van der Waals surface area contributed by atoms with Gasteiger partial charge in [0.15, 0.2) is 5.65 Å². The number of nitrogens with two attached hydrogens (primary N) is 2. The van der Waals surface area contributed by atoms with Gasteiger partial charge < -0.3 is 11.5 Å². The lowest BCUT2D eigenvalue weighted by atomic mass is 9.92. The summed E-state index contributed by atoms with van der Waals surface area (Å²) >= 11 is 3.43. The zero-order valence-corrected chi connectivity index (χ0v) is 11.5. The monoisotopic (exact) mass is 310 g/mol. The van der Waals surface area contributed by atoms with Crippen molar-refractivity contribution in [3.8, 4) is 0 Å². The molecule has 3 rings (SSSR count). The Kier molecular flexibility index (Phi) is 2.95. The maximum absolute atomic E-state index is 5.93. The van der Waals surface area contributed by atoms with Crippen molar-refractivity contribution in [3.05, 3.63) is 10.9 Å². The number of fused-ring (bicyclic) bond motifs is 1. The molecule has 0 amide bonds. The molecule has 0 bridgehead atoms. The van der Waals surface area contributed by atoms with E-state index in [0.717, 1.165) is 36.7 Å². The highest BCUT2D eigenvalue weighted by Crippen LogP contribution is 2.33. The number of rotatable bonds is 1. The van der Waals surface area contributed by atoms with E-state index in [1.54, 1.807) is 0 Å². The van der Waals surface area contributed by atoms with Crippen molar-refractivity contribution in [3.63, 3.8) is 0 Å². The summed E-state index contributed by atoms with van der Waals surface area (Å²) in [6.45, 7) is 0. The Hall–Kier alpha value is -1.21. The Morgan fingerprint density at radius 3 is 2.67 bits per heavy atom. The van der Waals surface area contributed by atoms with E-state index in [1.165, 1.54) is 6.33 Å².